The fourth-order valence-electron chi connectivity index (χ4n) is 2.06. The zero-order chi connectivity index (χ0) is 18.8. The Balaban J connectivity index is 1.96. The van der Waals surface area contributed by atoms with Gasteiger partial charge in [-0.05, 0) is 36.1 Å². The Hall–Kier alpha value is -1.79. The van der Waals surface area contributed by atoms with Gasteiger partial charge in [0.05, 0.1) is 12.8 Å². The smallest absolute Gasteiger partial charge is 0.180 e. The zero-order valence-electron chi connectivity index (χ0n) is 15.1. The Kier molecular flexibility index (Phi) is 8.71. The van der Waals surface area contributed by atoms with Gasteiger partial charge in [0, 0.05) is 15.8 Å². The minimum Gasteiger partial charge on any atom is -0.493 e. The maximum atomic E-state index is 5.93. The Bertz CT molecular complexity index is 748. The summed E-state index contributed by atoms with van der Waals surface area (Å²) >= 11 is 4.94. The zero-order valence-corrected chi connectivity index (χ0v) is 17.5. The molecule has 26 heavy (non-hydrogen) atoms. The first-order valence-electron chi connectivity index (χ1n) is 8.50. The fourth-order valence-corrected chi connectivity index (χ4v) is 3.06. The number of hydrogen-bond acceptors (Lipinski definition) is 4. The molecule has 0 spiro atoms. The molecule has 0 heterocycles. The number of halogens is 1. The van der Waals surface area contributed by atoms with Gasteiger partial charge in [0.1, 0.15) is 5.75 Å². The van der Waals surface area contributed by atoms with Crippen LogP contribution in [0.1, 0.15) is 31.4 Å². The van der Waals surface area contributed by atoms with Gasteiger partial charge in [-0.15, -0.1) is 5.10 Å². The van der Waals surface area contributed by atoms with E-state index in [4.69, 9.17) is 10.5 Å². The van der Waals surface area contributed by atoms with E-state index in [-0.39, 0.29) is 0 Å². The molecule has 2 N–H and O–H groups in total. The Morgan fingerprint density at radius 3 is 2.73 bits per heavy atom. The van der Waals surface area contributed by atoms with Crippen LogP contribution < -0.4 is 10.5 Å². The summed E-state index contributed by atoms with van der Waals surface area (Å²) in [6, 6.07) is 16.0. The standard InChI is InChI=1S/C20H24BrN3OS/c1-15(2)10-11-25-19-9-8-18(21)12-17(19)13-23-24-20(22)26-14-16-6-4-3-5-7-16/h3-9,12-13,15H,10-11,14H2,1-2H3,(H2,22,24). The topological polar surface area (TPSA) is 60.0 Å². The second-order valence-electron chi connectivity index (χ2n) is 6.17. The van der Waals surface area contributed by atoms with E-state index in [1.165, 1.54) is 17.3 Å². The van der Waals surface area contributed by atoms with Gasteiger partial charge in [0.25, 0.3) is 0 Å². The molecule has 0 unspecified atom stereocenters. The third kappa shape index (κ3) is 7.62. The molecule has 138 valence electrons. The summed E-state index contributed by atoms with van der Waals surface area (Å²) in [5, 5.41) is 8.62. The summed E-state index contributed by atoms with van der Waals surface area (Å²) in [5.74, 6) is 2.17. The van der Waals surface area contributed by atoms with E-state index < -0.39 is 0 Å². The highest BCUT2D eigenvalue weighted by Gasteiger charge is 2.04. The lowest BCUT2D eigenvalue weighted by Gasteiger charge is -2.10. The predicted octanol–water partition coefficient (Wildman–Crippen LogP) is 5.46. The molecule has 0 aliphatic heterocycles. The van der Waals surface area contributed by atoms with Gasteiger partial charge in [-0.1, -0.05) is 71.9 Å². The van der Waals surface area contributed by atoms with E-state index in [9.17, 15) is 0 Å². The molecule has 2 aromatic carbocycles. The molecule has 0 saturated carbocycles. The second-order valence-corrected chi connectivity index (χ2v) is 8.08. The number of rotatable bonds is 8. The van der Waals surface area contributed by atoms with Crippen molar-refractivity contribution in [3.8, 4) is 5.75 Å². The first-order chi connectivity index (χ1) is 12.5. The second kappa shape index (κ2) is 11.0. The van der Waals surface area contributed by atoms with Crippen LogP contribution in [0.2, 0.25) is 0 Å². The van der Waals surface area contributed by atoms with Crippen molar-refractivity contribution in [1.29, 1.82) is 0 Å². The average Bonchev–Trinajstić information content (AvgIpc) is 2.62. The number of ether oxygens (including phenoxy) is 1. The first kappa shape index (κ1) is 20.5. The highest BCUT2D eigenvalue weighted by atomic mass is 79.9. The first-order valence-corrected chi connectivity index (χ1v) is 10.3. The highest BCUT2D eigenvalue weighted by molar-refractivity contribution is 9.10. The van der Waals surface area contributed by atoms with E-state index in [1.54, 1.807) is 6.21 Å². The molecule has 2 rings (SSSR count). The van der Waals surface area contributed by atoms with E-state index >= 15 is 0 Å². The molecule has 0 fully saturated rings. The van der Waals surface area contributed by atoms with Gasteiger partial charge in [-0.3, -0.25) is 0 Å². The van der Waals surface area contributed by atoms with E-state index in [0.717, 1.165) is 28.0 Å². The van der Waals surface area contributed by atoms with Crippen LogP contribution >= 0.6 is 27.7 Å². The van der Waals surface area contributed by atoms with Crippen LogP contribution in [-0.4, -0.2) is 18.0 Å². The van der Waals surface area contributed by atoms with Crippen molar-refractivity contribution in [3.05, 3.63) is 64.1 Å². The normalized spacial score (nSPS) is 12.1. The lowest BCUT2D eigenvalue weighted by atomic mass is 10.1. The quantitative estimate of drug-likeness (QED) is 0.341. The third-order valence-electron chi connectivity index (χ3n) is 3.51. The number of amidine groups is 1. The molecule has 4 nitrogen and oxygen atoms in total. The molecule has 0 bridgehead atoms. The van der Waals surface area contributed by atoms with Crippen LogP contribution in [0, 0.1) is 5.92 Å². The maximum Gasteiger partial charge on any atom is 0.180 e. The predicted molar refractivity (Wildman–Crippen MR) is 116 cm³/mol. The largest absolute Gasteiger partial charge is 0.493 e. The van der Waals surface area contributed by atoms with Gasteiger partial charge in [0.15, 0.2) is 5.17 Å². The lowest BCUT2D eigenvalue weighted by Crippen LogP contribution is -2.06. The van der Waals surface area contributed by atoms with Crippen molar-refractivity contribution in [2.24, 2.45) is 21.9 Å². The minimum absolute atomic E-state index is 0.433. The Labute approximate surface area is 168 Å². The SMILES string of the molecule is CC(C)CCOc1ccc(Br)cc1C=NN=C(N)SCc1ccccc1. The molecular weight excluding hydrogens is 410 g/mol. The number of thioether (sulfide) groups is 1. The van der Waals surface area contributed by atoms with E-state index in [0.29, 0.717) is 17.7 Å². The lowest BCUT2D eigenvalue weighted by molar-refractivity contribution is 0.289. The van der Waals surface area contributed by atoms with Gasteiger partial charge in [-0.2, -0.15) is 5.10 Å². The maximum absolute atomic E-state index is 5.93. The molecule has 6 heteroatoms. The van der Waals surface area contributed by atoms with Gasteiger partial charge >= 0.3 is 0 Å². The summed E-state index contributed by atoms with van der Waals surface area (Å²) in [6.07, 6.45) is 2.68. The molecule has 0 aromatic heterocycles. The van der Waals surface area contributed by atoms with Gasteiger partial charge in [-0.25, -0.2) is 0 Å². The molecular formula is C20H24BrN3OS. The molecule has 0 aliphatic rings. The van der Waals surface area contributed by atoms with E-state index in [1.807, 2.05) is 36.4 Å². The van der Waals surface area contributed by atoms with Crippen molar-refractivity contribution >= 4 is 39.1 Å². The van der Waals surface area contributed by atoms with Crippen molar-refractivity contribution in [3.63, 3.8) is 0 Å². The van der Waals surface area contributed by atoms with Crippen molar-refractivity contribution in [2.45, 2.75) is 26.0 Å². The van der Waals surface area contributed by atoms with Crippen LogP contribution in [-0.2, 0) is 5.75 Å². The van der Waals surface area contributed by atoms with Gasteiger partial charge < -0.3 is 10.5 Å². The average molecular weight is 434 g/mol. The number of benzene rings is 2. The van der Waals surface area contributed by atoms with Crippen molar-refractivity contribution in [2.75, 3.05) is 6.61 Å². The monoisotopic (exact) mass is 433 g/mol. The van der Waals surface area contributed by atoms with Crippen molar-refractivity contribution in [1.82, 2.24) is 0 Å². The summed E-state index contributed by atoms with van der Waals surface area (Å²) in [4.78, 5) is 0. The number of hydrogen-bond donors (Lipinski definition) is 1. The molecule has 0 amide bonds. The molecule has 2 aromatic rings. The highest BCUT2D eigenvalue weighted by Crippen LogP contribution is 2.22. The van der Waals surface area contributed by atoms with Gasteiger partial charge in [0.2, 0.25) is 0 Å². The van der Waals surface area contributed by atoms with E-state index in [2.05, 4.69) is 52.1 Å². The third-order valence-corrected chi connectivity index (χ3v) is 4.86. The van der Waals surface area contributed by atoms with Crippen LogP contribution in [0.25, 0.3) is 0 Å². The van der Waals surface area contributed by atoms with Crippen LogP contribution in [0.3, 0.4) is 0 Å². The van der Waals surface area contributed by atoms with Crippen LogP contribution in [0.15, 0.2) is 63.2 Å². The number of nitrogens with zero attached hydrogens (tertiary/aromatic N) is 2. The molecule has 0 atom stereocenters. The summed E-state index contributed by atoms with van der Waals surface area (Å²) in [5.41, 5.74) is 8.00. The summed E-state index contributed by atoms with van der Waals surface area (Å²) in [7, 11) is 0. The molecule has 0 radical (unpaired) electrons. The van der Waals surface area contributed by atoms with Crippen LogP contribution in [0.5, 0.6) is 5.75 Å². The summed E-state index contributed by atoms with van der Waals surface area (Å²) in [6.45, 7) is 5.04. The minimum atomic E-state index is 0.433. The fraction of sp³-hybridized carbons (Fsp3) is 0.300. The molecule has 0 saturated heterocycles. The van der Waals surface area contributed by atoms with Crippen molar-refractivity contribution < 1.29 is 4.74 Å². The Morgan fingerprint density at radius 2 is 2.00 bits per heavy atom. The molecule has 0 aliphatic carbocycles. The Morgan fingerprint density at radius 1 is 1.23 bits per heavy atom. The number of nitrogens with two attached hydrogens (primary N) is 1. The van der Waals surface area contributed by atoms with Crippen LogP contribution in [0.4, 0.5) is 0 Å². The summed E-state index contributed by atoms with van der Waals surface area (Å²) < 4.78 is 6.83.